The van der Waals surface area contributed by atoms with Gasteiger partial charge in [-0.15, -0.1) is 0 Å². The normalized spacial score (nSPS) is 27.3. The Hall–Kier alpha value is -1.89. The van der Waals surface area contributed by atoms with E-state index in [9.17, 15) is 15.3 Å². The molecule has 2 aromatic heterocycles. The number of aromatic nitrogens is 4. The molecule has 26 heavy (non-hydrogen) atoms. The molecule has 144 valence electrons. The number of nitrogen functional groups attached to an aromatic ring is 1. The van der Waals surface area contributed by atoms with Crippen molar-refractivity contribution in [3.05, 3.63) is 12.2 Å². The molecular weight excluding hydrogens is 342 g/mol. The van der Waals surface area contributed by atoms with Gasteiger partial charge in [0.1, 0.15) is 30.6 Å². The summed E-state index contributed by atoms with van der Waals surface area (Å²) in [7, 11) is 1.81. The Labute approximate surface area is 150 Å². The summed E-state index contributed by atoms with van der Waals surface area (Å²) in [6.45, 7) is 2.98. The van der Waals surface area contributed by atoms with Gasteiger partial charge in [-0.3, -0.25) is 9.88 Å². The van der Waals surface area contributed by atoms with Crippen LogP contribution in [0.2, 0.25) is 0 Å². The maximum absolute atomic E-state index is 10.5. The van der Waals surface area contributed by atoms with Crippen LogP contribution in [0, 0.1) is 6.92 Å². The second-order valence-corrected chi connectivity index (χ2v) is 6.32. The van der Waals surface area contributed by atoms with Crippen molar-refractivity contribution < 1.29 is 20.1 Å². The van der Waals surface area contributed by atoms with Crippen molar-refractivity contribution in [2.75, 3.05) is 25.9 Å². The van der Waals surface area contributed by atoms with E-state index in [0.717, 1.165) is 0 Å². The van der Waals surface area contributed by atoms with Crippen molar-refractivity contribution in [2.24, 2.45) is 0 Å². The summed E-state index contributed by atoms with van der Waals surface area (Å²) in [5.74, 6) is 0.752. The maximum atomic E-state index is 10.5. The van der Waals surface area contributed by atoms with E-state index in [-0.39, 0.29) is 12.2 Å². The number of rotatable bonds is 7. The predicted octanol–water partition coefficient (Wildman–Crippen LogP) is -2.15. The van der Waals surface area contributed by atoms with Crippen LogP contribution >= 0.6 is 0 Å². The molecule has 0 bridgehead atoms. The van der Waals surface area contributed by atoms with Crippen molar-refractivity contribution >= 4 is 17.0 Å². The van der Waals surface area contributed by atoms with Crippen molar-refractivity contribution in [1.82, 2.24) is 30.2 Å². The first kappa shape index (κ1) is 18.9. The zero-order chi connectivity index (χ0) is 18.8. The van der Waals surface area contributed by atoms with Crippen LogP contribution in [0.1, 0.15) is 18.5 Å². The molecule has 1 saturated heterocycles. The second kappa shape index (κ2) is 7.78. The lowest BCUT2D eigenvalue weighted by molar-refractivity contribution is -0.0530. The molecule has 1 unspecified atom stereocenters. The molecule has 0 radical (unpaired) electrons. The number of aliphatic hydroxyl groups excluding tert-OH is 3. The Morgan fingerprint density at radius 3 is 2.81 bits per heavy atom. The number of anilines is 1. The van der Waals surface area contributed by atoms with Crippen LogP contribution in [0.5, 0.6) is 0 Å². The molecule has 1 aliphatic heterocycles. The summed E-state index contributed by atoms with van der Waals surface area (Å²) in [6, 6.07) is 0. The summed E-state index contributed by atoms with van der Waals surface area (Å²) in [5.41, 5.74) is 6.65. The van der Waals surface area contributed by atoms with E-state index < -0.39 is 30.8 Å². The zero-order valence-corrected chi connectivity index (χ0v) is 14.7. The number of aryl methyl sites for hydroxylation is 1. The van der Waals surface area contributed by atoms with E-state index in [1.165, 1.54) is 6.33 Å². The molecule has 1 aliphatic rings. The van der Waals surface area contributed by atoms with Crippen LogP contribution in [0.4, 0.5) is 5.82 Å². The molecule has 5 atom stereocenters. The third-order valence-corrected chi connectivity index (χ3v) is 4.48. The number of aliphatic hydroxyl groups is 3. The standard InChI is InChI=1S/C15H25N7O4/c1-7-21-10-13(16)19-6-20-14(10)22(7)15-12(25)11(24)8(26-15)5-9(23)18-4-3-17-2/h6,8-9,11-12,15,17-18,23-25H,3-5H2,1-2H3,(H2,16,19,20)/t8-,9?,11-,12-,15-/m1/s1. The molecule has 11 heteroatoms. The van der Waals surface area contributed by atoms with Gasteiger partial charge in [0.15, 0.2) is 23.2 Å². The first-order chi connectivity index (χ1) is 12.4. The number of nitrogens with zero attached hydrogens (tertiary/aromatic N) is 4. The van der Waals surface area contributed by atoms with Crippen LogP contribution < -0.4 is 16.4 Å². The second-order valence-electron chi connectivity index (χ2n) is 6.32. The molecule has 0 amide bonds. The van der Waals surface area contributed by atoms with Crippen molar-refractivity contribution in [2.45, 2.75) is 44.1 Å². The zero-order valence-electron chi connectivity index (χ0n) is 14.7. The number of hydrogen-bond donors (Lipinski definition) is 6. The Balaban J connectivity index is 1.78. The molecule has 0 aliphatic carbocycles. The Bertz CT molecular complexity index is 755. The summed E-state index contributed by atoms with van der Waals surface area (Å²) >= 11 is 0. The lowest BCUT2D eigenvalue weighted by Gasteiger charge is -2.20. The van der Waals surface area contributed by atoms with Gasteiger partial charge in [0.2, 0.25) is 0 Å². The minimum absolute atomic E-state index is 0.126. The van der Waals surface area contributed by atoms with E-state index in [2.05, 4.69) is 25.6 Å². The number of fused-ring (bicyclic) bond motifs is 1. The highest BCUT2D eigenvalue weighted by atomic mass is 16.6. The SMILES string of the molecule is CNCCNC(O)C[C@H]1O[C@@H](n2c(C)nc3c(N)ncnc32)[C@H](O)[C@@H]1O. The van der Waals surface area contributed by atoms with Gasteiger partial charge in [0, 0.05) is 19.5 Å². The Morgan fingerprint density at radius 2 is 2.08 bits per heavy atom. The third-order valence-electron chi connectivity index (χ3n) is 4.48. The van der Waals surface area contributed by atoms with Gasteiger partial charge >= 0.3 is 0 Å². The third kappa shape index (κ3) is 3.49. The molecule has 0 aromatic carbocycles. The van der Waals surface area contributed by atoms with Crippen LogP contribution in [0.25, 0.3) is 11.2 Å². The molecule has 3 rings (SSSR count). The first-order valence-corrected chi connectivity index (χ1v) is 8.46. The fourth-order valence-electron chi connectivity index (χ4n) is 3.14. The average molecular weight is 367 g/mol. The highest BCUT2D eigenvalue weighted by Crippen LogP contribution is 2.34. The Kier molecular flexibility index (Phi) is 5.65. The van der Waals surface area contributed by atoms with Crippen LogP contribution in [0.3, 0.4) is 0 Å². The summed E-state index contributed by atoms with van der Waals surface area (Å²) < 4.78 is 7.43. The maximum Gasteiger partial charge on any atom is 0.167 e. The Morgan fingerprint density at radius 1 is 1.31 bits per heavy atom. The minimum Gasteiger partial charge on any atom is -0.388 e. The lowest BCUT2D eigenvalue weighted by atomic mass is 10.1. The number of ether oxygens (including phenoxy) is 1. The van der Waals surface area contributed by atoms with E-state index >= 15 is 0 Å². The van der Waals surface area contributed by atoms with E-state index in [1.807, 2.05) is 7.05 Å². The van der Waals surface area contributed by atoms with Crippen molar-refractivity contribution in [1.29, 1.82) is 0 Å². The topological polar surface area (TPSA) is 164 Å². The van der Waals surface area contributed by atoms with Crippen molar-refractivity contribution in [3.63, 3.8) is 0 Å². The number of nitrogens with one attached hydrogen (secondary N) is 2. The van der Waals surface area contributed by atoms with Gasteiger partial charge in [-0.1, -0.05) is 0 Å². The smallest absolute Gasteiger partial charge is 0.167 e. The molecule has 2 aromatic rings. The summed E-state index contributed by atoms with van der Waals surface area (Å²) in [5, 5.41) is 36.7. The van der Waals surface area contributed by atoms with Gasteiger partial charge in [-0.25, -0.2) is 15.0 Å². The quantitative estimate of drug-likeness (QED) is 0.235. The fourth-order valence-corrected chi connectivity index (χ4v) is 3.14. The molecule has 1 fully saturated rings. The first-order valence-electron chi connectivity index (χ1n) is 8.46. The molecule has 0 spiro atoms. The summed E-state index contributed by atoms with van der Waals surface area (Å²) in [6.07, 6.45) is -3.43. The van der Waals surface area contributed by atoms with E-state index in [1.54, 1.807) is 11.5 Å². The predicted molar refractivity (Wildman–Crippen MR) is 92.9 cm³/mol. The van der Waals surface area contributed by atoms with Crippen LogP contribution in [0.15, 0.2) is 6.33 Å². The minimum atomic E-state index is -1.20. The monoisotopic (exact) mass is 367 g/mol. The highest BCUT2D eigenvalue weighted by Gasteiger charge is 2.45. The number of nitrogens with two attached hydrogens (primary N) is 1. The van der Waals surface area contributed by atoms with Crippen LogP contribution in [-0.2, 0) is 4.74 Å². The average Bonchev–Trinajstić information content (AvgIpc) is 3.07. The van der Waals surface area contributed by atoms with Gasteiger partial charge in [-0.2, -0.15) is 0 Å². The number of imidazole rings is 1. The van der Waals surface area contributed by atoms with Crippen LogP contribution in [-0.4, -0.2) is 79.5 Å². The molecule has 0 saturated carbocycles. The molecule has 11 nitrogen and oxygen atoms in total. The summed E-state index contributed by atoms with van der Waals surface area (Å²) in [4.78, 5) is 12.4. The highest BCUT2D eigenvalue weighted by molar-refractivity contribution is 5.81. The van der Waals surface area contributed by atoms with Gasteiger partial charge in [0.25, 0.3) is 0 Å². The molecular formula is C15H25N7O4. The van der Waals surface area contributed by atoms with Crippen molar-refractivity contribution in [3.8, 4) is 0 Å². The molecule has 7 N–H and O–H groups in total. The van der Waals surface area contributed by atoms with E-state index in [0.29, 0.717) is 30.1 Å². The van der Waals surface area contributed by atoms with Gasteiger partial charge < -0.3 is 31.1 Å². The largest absolute Gasteiger partial charge is 0.388 e. The molecule has 3 heterocycles. The number of likely N-dealkylation sites (N-methyl/N-ethyl adjacent to an activating group) is 1. The van der Waals surface area contributed by atoms with E-state index in [4.69, 9.17) is 10.5 Å². The van der Waals surface area contributed by atoms with Gasteiger partial charge in [0.05, 0.1) is 6.10 Å². The number of hydrogen-bond acceptors (Lipinski definition) is 10. The fraction of sp³-hybridized carbons (Fsp3) is 0.667. The lowest BCUT2D eigenvalue weighted by Crippen LogP contribution is -2.40. The van der Waals surface area contributed by atoms with Gasteiger partial charge in [-0.05, 0) is 14.0 Å².